The van der Waals surface area contributed by atoms with Gasteiger partial charge >= 0.3 is 5.97 Å². The van der Waals surface area contributed by atoms with Crippen LogP contribution in [0.5, 0.6) is 0 Å². The lowest BCUT2D eigenvalue weighted by Crippen LogP contribution is -2.44. The SMILES string of the molecule is C[C@](N)(CCCCN)C(=O)O. The largest absolute Gasteiger partial charge is 0.480 e. The van der Waals surface area contributed by atoms with Crippen molar-refractivity contribution in [3.05, 3.63) is 0 Å². The summed E-state index contributed by atoms with van der Waals surface area (Å²) in [5.74, 6) is -0.950. The van der Waals surface area contributed by atoms with Gasteiger partial charge in [0.2, 0.25) is 0 Å². The monoisotopic (exact) mass is 160 g/mol. The molecule has 4 heteroatoms. The molecule has 4 nitrogen and oxygen atoms in total. The van der Waals surface area contributed by atoms with Crippen molar-refractivity contribution in [1.82, 2.24) is 0 Å². The van der Waals surface area contributed by atoms with Gasteiger partial charge in [0.05, 0.1) is 0 Å². The molecule has 0 aliphatic rings. The summed E-state index contributed by atoms with van der Waals surface area (Å²) < 4.78 is 0. The fourth-order valence-corrected chi connectivity index (χ4v) is 0.743. The molecule has 0 bridgehead atoms. The molecule has 0 aromatic rings. The Labute approximate surface area is 66.6 Å². The lowest BCUT2D eigenvalue weighted by atomic mass is 9.96. The number of carboxylic acids is 1. The van der Waals surface area contributed by atoms with E-state index in [0.29, 0.717) is 13.0 Å². The zero-order valence-corrected chi connectivity index (χ0v) is 6.84. The number of hydrogen-bond acceptors (Lipinski definition) is 3. The summed E-state index contributed by atoms with van der Waals surface area (Å²) in [7, 11) is 0. The molecule has 0 aliphatic heterocycles. The smallest absolute Gasteiger partial charge is 0.323 e. The number of unbranched alkanes of at least 4 members (excludes halogenated alkanes) is 1. The predicted octanol–water partition coefficient (Wildman–Crippen LogP) is -0.0826. The van der Waals surface area contributed by atoms with Crippen molar-refractivity contribution in [1.29, 1.82) is 0 Å². The number of hydrogen-bond donors (Lipinski definition) is 3. The Balaban J connectivity index is 3.64. The first-order valence-electron chi connectivity index (χ1n) is 3.73. The van der Waals surface area contributed by atoms with Gasteiger partial charge in [0.25, 0.3) is 0 Å². The minimum atomic E-state index is -1.09. The Morgan fingerprint density at radius 2 is 2.09 bits per heavy atom. The first kappa shape index (κ1) is 10.4. The fraction of sp³-hybridized carbons (Fsp3) is 0.857. The molecule has 0 radical (unpaired) electrons. The summed E-state index contributed by atoms with van der Waals surface area (Å²) in [5, 5.41) is 8.58. The molecule has 0 fully saturated rings. The molecule has 0 saturated heterocycles. The Morgan fingerprint density at radius 3 is 2.45 bits per heavy atom. The first-order valence-corrected chi connectivity index (χ1v) is 3.73. The van der Waals surface area contributed by atoms with Crippen LogP contribution >= 0.6 is 0 Å². The molecule has 1 atom stereocenters. The molecule has 0 spiro atoms. The highest BCUT2D eigenvalue weighted by atomic mass is 16.4. The third kappa shape index (κ3) is 3.95. The maximum Gasteiger partial charge on any atom is 0.323 e. The molecule has 11 heavy (non-hydrogen) atoms. The molecule has 5 N–H and O–H groups in total. The highest BCUT2D eigenvalue weighted by Crippen LogP contribution is 2.09. The molecule has 0 aliphatic carbocycles. The van der Waals surface area contributed by atoms with E-state index in [0.717, 1.165) is 12.8 Å². The van der Waals surface area contributed by atoms with Crippen LogP contribution in [0.25, 0.3) is 0 Å². The van der Waals surface area contributed by atoms with Crippen molar-refractivity contribution in [2.75, 3.05) is 6.54 Å². The zero-order chi connectivity index (χ0) is 8.91. The van der Waals surface area contributed by atoms with Gasteiger partial charge in [0.1, 0.15) is 5.54 Å². The van der Waals surface area contributed by atoms with Crippen molar-refractivity contribution >= 4 is 5.97 Å². The lowest BCUT2D eigenvalue weighted by molar-refractivity contribution is -0.142. The van der Waals surface area contributed by atoms with E-state index in [4.69, 9.17) is 16.6 Å². The van der Waals surface area contributed by atoms with Gasteiger partial charge in [0, 0.05) is 0 Å². The van der Waals surface area contributed by atoms with Crippen LogP contribution < -0.4 is 11.5 Å². The Morgan fingerprint density at radius 1 is 1.55 bits per heavy atom. The second-order valence-corrected chi connectivity index (χ2v) is 2.97. The Bertz CT molecular complexity index is 134. The molecular formula is C7H16N2O2. The number of rotatable bonds is 5. The van der Waals surface area contributed by atoms with E-state index in [-0.39, 0.29) is 0 Å². The van der Waals surface area contributed by atoms with Gasteiger partial charge in [-0.25, -0.2) is 0 Å². The second kappa shape index (κ2) is 4.31. The number of nitrogens with two attached hydrogens (primary N) is 2. The van der Waals surface area contributed by atoms with Crippen molar-refractivity contribution in [3.8, 4) is 0 Å². The van der Waals surface area contributed by atoms with Crippen molar-refractivity contribution in [3.63, 3.8) is 0 Å². The van der Waals surface area contributed by atoms with Crippen molar-refractivity contribution in [2.24, 2.45) is 11.5 Å². The molecule has 0 unspecified atom stereocenters. The maximum atomic E-state index is 10.5. The molecular weight excluding hydrogens is 144 g/mol. The molecule has 0 aromatic carbocycles. The van der Waals surface area contributed by atoms with Crippen LogP contribution in [0.2, 0.25) is 0 Å². The van der Waals surface area contributed by atoms with E-state index in [1.807, 2.05) is 0 Å². The van der Waals surface area contributed by atoms with Gasteiger partial charge in [-0.3, -0.25) is 4.79 Å². The average molecular weight is 160 g/mol. The quantitative estimate of drug-likeness (QED) is 0.490. The maximum absolute atomic E-state index is 10.5. The minimum absolute atomic E-state index is 0.486. The summed E-state index contributed by atoms with van der Waals surface area (Å²) >= 11 is 0. The van der Waals surface area contributed by atoms with Crippen LogP contribution in [0.1, 0.15) is 26.2 Å². The minimum Gasteiger partial charge on any atom is -0.480 e. The van der Waals surface area contributed by atoms with Gasteiger partial charge in [-0.2, -0.15) is 0 Å². The Hall–Kier alpha value is -0.610. The number of carbonyl (C=O) groups is 1. The third-order valence-corrected chi connectivity index (χ3v) is 1.64. The number of carboxylic acid groups (broad SMARTS) is 1. The van der Waals surface area contributed by atoms with E-state index < -0.39 is 11.5 Å². The molecule has 0 heterocycles. The van der Waals surface area contributed by atoms with Crippen molar-refractivity contribution in [2.45, 2.75) is 31.7 Å². The van der Waals surface area contributed by atoms with E-state index in [9.17, 15) is 4.79 Å². The van der Waals surface area contributed by atoms with Gasteiger partial charge in [-0.05, 0) is 32.7 Å². The summed E-state index contributed by atoms with van der Waals surface area (Å²) in [6, 6.07) is 0. The van der Waals surface area contributed by atoms with Gasteiger partial charge in [0.15, 0.2) is 0 Å². The molecule has 66 valence electrons. The molecule has 0 amide bonds. The van der Waals surface area contributed by atoms with Crippen LogP contribution in [-0.4, -0.2) is 23.2 Å². The van der Waals surface area contributed by atoms with Crippen LogP contribution in [-0.2, 0) is 4.79 Å². The lowest BCUT2D eigenvalue weighted by Gasteiger charge is -2.18. The van der Waals surface area contributed by atoms with E-state index >= 15 is 0 Å². The topological polar surface area (TPSA) is 89.3 Å². The van der Waals surface area contributed by atoms with Crippen molar-refractivity contribution < 1.29 is 9.90 Å². The van der Waals surface area contributed by atoms with E-state index in [2.05, 4.69) is 0 Å². The molecule has 0 saturated carbocycles. The normalized spacial score (nSPS) is 15.9. The fourth-order valence-electron chi connectivity index (χ4n) is 0.743. The van der Waals surface area contributed by atoms with Gasteiger partial charge in [-0.15, -0.1) is 0 Å². The van der Waals surface area contributed by atoms with Crippen LogP contribution in [0, 0.1) is 0 Å². The Kier molecular flexibility index (Phi) is 4.07. The van der Waals surface area contributed by atoms with Crippen LogP contribution in [0.15, 0.2) is 0 Å². The average Bonchev–Trinajstić information content (AvgIpc) is 1.88. The van der Waals surface area contributed by atoms with Gasteiger partial charge < -0.3 is 16.6 Å². The highest BCUT2D eigenvalue weighted by molar-refractivity contribution is 5.77. The standard InChI is InChI=1S/C7H16N2O2/c1-7(9,6(10)11)4-2-3-5-8/h2-5,8-9H2,1H3,(H,10,11)/t7-/m0/s1. The summed E-state index contributed by atoms with van der Waals surface area (Å²) in [5.41, 5.74) is 9.62. The number of aliphatic carboxylic acids is 1. The van der Waals surface area contributed by atoms with Crippen LogP contribution in [0.3, 0.4) is 0 Å². The highest BCUT2D eigenvalue weighted by Gasteiger charge is 2.26. The van der Waals surface area contributed by atoms with E-state index in [1.165, 1.54) is 6.92 Å². The molecule has 0 aromatic heterocycles. The van der Waals surface area contributed by atoms with Crippen LogP contribution in [0.4, 0.5) is 0 Å². The van der Waals surface area contributed by atoms with E-state index in [1.54, 1.807) is 0 Å². The first-order chi connectivity index (χ1) is 5.00. The summed E-state index contributed by atoms with van der Waals surface area (Å²) in [6.45, 7) is 2.11. The van der Waals surface area contributed by atoms with Gasteiger partial charge in [-0.1, -0.05) is 0 Å². The predicted molar refractivity (Wildman–Crippen MR) is 43.1 cm³/mol. The summed E-state index contributed by atoms with van der Waals surface area (Å²) in [4.78, 5) is 10.5. The third-order valence-electron chi connectivity index (χ3n) is 1.64. The second-order valence-electron chi connectivity index (χ2n) is 2.97. The summed E-state index contributed by atoms with van der Waals surface area (Å²) in [6.07, 6.45) is 2.09. The molecule has 0 rings (SSSR count). The zero-order valence-electron chi connectivity index (χ0n) is 6.84.